The van der Waals surface area contributed by atoms with Gasteiger partial charge in [-0.3, -0.25) is 0 Å². The number of furan rings is 1. The van der Waals surface area contributed by atoms with Crippen molar-refractivity contribution in [3.8, 4) is 17.1 Å². The van der Waals surface area contributed by atoms with Gasteiger partial charge in [-0.15, -0.1) is 0 Å². The summed E-state index contributed by atoms with van der Waals surface area (Å²) >= 11 is 0. The molecule has 0 aliphatic carbocycles. The minimum absolute atomic E-state index is 0.0794. The van der Waals surface area contributed by atoms with Crippen molar-refractivity contribution in [3.63, 3.8) is 0 Å². The molecule has 0 aliphatic heterocycles. The number of rotatable bonds is 3. The van der Waals surface area contributed by atoms with Gasteiger partial charge < -0.3 is 14.3 Å². The lowest BCUT2D eigenvalue weighted by Crippen LogP contribution is -1.82. The van der Waals surface area contributed by atoms with Crippen LogP contribution in [0.4, 0.5) is 0 Å². The molecule has 2 rings (SSSR count). The molecule has 0 saturated heterocycles. The number of aliphatic hydroxyl groups is 1. The van der Waals surface area contributed by atoms with Gasteiger partial charge in [0.2, 0.25) is 0 Å². The van der Waals surface area contributed by atoms with E-state index in [1.165, 1.54) is 0 Å². The molecular weight excluding hydrogens is 192 g/mol. The first-order chi connectivity index (χ1) is 7.33. The maximum atomic E-state index is 8.88. The van der Waals surface area contributed by atoms with E-state index in [-0.39, 0.29) is 6.61 Å². The molecule has 1 aromatic carbocycles. The van der Waals surface area contributed by atoms with E-state index in [1.807, 2.05) is 30.3 Å². The van der Waals surface area contributed by atoms with E-state index >= 15 is 0 Å². The van der Waals surface area contributed by atoms with E-state index in [4.69, 9.17) is 14.3 Å². The van der Waals surface area contributed by atoms with Crippen LogP contribution in [0.15, 0.2) is 40.8 Å². The predicted molar refractivity (Wildman–Crippen MR) is 56.6 cm³/mol. The average molecular weight is 204 g/mol. The average Bonchev–Trinajstić information content (AvgIpc) is 2.78. The summed E-state index contributed by atoms with van der Waals surface area (Å²) in [5, 5.41) is 8.88. The number of hydrogen-bond acceptors (Lipinski definition) is 3. The molecule has 78 valence electrons. The molecule has 0 aliphatic rings. The lowest BCUT2D eigenvalue weighted by Gasteiger charge is -2.01. The van der Waals surface area contributed by atoms with Crippen LogP contribution in [0.5, 0.6) is 5.75 Å². The zero-order chi connectivity index (χ0) is 10.7. The summed E-state index contributed by atoms with van der Waals surface area (Å²) in [5.74, 6) is 2.08. The lowest BCUT2D eigenvalue weighted by atomic mass is 10.2. The molecule has 0 bridgehead atoms. The van der Waals surface area contributed by atoms with E-state index < -0.39 is 0 Å². The minimum Gasteiger partial charge on any atom is -0.497 e. The molecule has 0 unspecified atom stereocenters. The van der Waals surface area contributed by atoms with Gasteiger partial charge in [0.1, 0.15) is 23.9 Å². The molecular formula is C12H12O3. The SMILES string of the molecule is COc1cccc(-c2ccc(CO)o2)c1. The number of aliphatic hydroxyl groups excluding tert-OH is 1. The van der Waals surface area contributed by atoms with E-state index in [9.17, 15) is 0 Å². The molecule has 3 heteroatoms. The second-order valence-corrected chi connectivity index (χ2v) is 3.16. The lowest BCUT2D eigenvalue weighted by molar-refractivity contribution is 0.248. The van der Waals surface area contributed by atoms with Crippen molar-refractivity contribution in [2.45, 2.75) is 6.61 Å². The van der Waals surface area contributed by atoms with Gasteiger partial charge in [0, 0.05) is 5.56 Å². The Hall–Kier alpha value is -1.74. The Balaban J connectivity index is 2.35. The fourth-order valence-electron chi connectivity index (χ4n) is 1.39. The molecule has 0 amide bonds. The van der Waals surface area contributed by atoms with Gasteiger partial charge in [-0.2, -0.15) is 0 Å². The zero-order valence-electron chi connectivity index (χ0n) is 8.43. The van der Waals surface area contributed by atoms with Crippen LogP contribution in [0.3, 0.4) is 0 Å². The zero-order valence-corrected chi connectivity index (χ0v) is 8.43. The third kappa shape index (κ3) is 2.02. The molecule has 3 nitrogen and oxygen atoms in total. The fraction of sp³-hybridized carbons (Fsp3) is 0.167. The first-order valence-electron chi connectivity index (χ1n) is 4.67. The molecule has 0 spiro atoms. The maximum absolute atomic E-state index is 8.88. The summed E-state index contributed by atoms with van der Waals surface area (Å²) in [6, 6.07) is 11.2. The van der Waals surface area contributed by atoms with Crippen LogP contribution in [0.1, 0.15) is 5.76 Å². The topological polar surface area (TPSA) is 42.6 Å². The first kappa shape index (κ1) is 9.80. The van der Waals surface area contributed by atoms with E-state index in [0.717, 1.165) is 17.1 Å². The normalized spacial score (nSPS) is 10.3. The monoisotopic (exact) mass is 204 g/mol. The highest BCUT2D eigenvalue weighted by molar-refractivity contribution is 5.59. The minimum atomic E-state index is -0.0794. The van der Waals surface area contributed by atoms with Crippen molar-refractivity contribution in [3.05, 3.63) is 42.2 Å². The Bertz CT molecular complexity index is 446. The number of methoxy groups -OCH3 is 1. The largest absolute Gasteiger partial charge is 0.497 e. The Morgan fingerprint density at radius 1 is 1.27 bits per heavy atom. The predicted octanol–water partition coefficient (Wildman–Crippen LogP) is 2.45. The quantitative estimate of drug-likeness (QED) is 0.835. The molecule has 2 aromatic rings. The van der Waals surface area contributed by atoms with Crippen LogP contribution >= 0.6 is 0 Å². The van der Waals surface area contributed by atoms with Crippen LogP contribution < -0.4 is 4.74 Å². The van der Waals surface area contributed by atoms with Crippen molar-refractivity contribution in [1.82, 2.24) is 0 Å². The second kappa shape index (κ2) is 4.19. The van der Waals surface area contributed by atoms with E-state index in [1.54, 1.807) is 13.2 Å². The fourth-order valence-corrected chi connectivity index (χ4v) is 1.39. The Kier molecular flexibility index (Phi) is 2.74. The smallest absolute Gasteiger partial charge is 0.134 e. The molecule has 15 heavy (non-hydrogen) atoms. The summed E-state index contributed by atoms with van der Waals surface area (Å²) in [7, 11) is 1.63. The standard InChI is InChI=1S/C12H12O3/c1-14-10-4-2-3-9(7-10)12-6-5-11(8-13)15-12/h2-7,13H,8H2,1H3. The summed E-state index contributed by atoms with van der Waals surface area (Å²) in [6.07, 6.45) is 0. The van der Waals surface area contributed by atoms with Crippen molar-refractivity contribution in [1.29, 1.82) is 0 Å². The van der Waals surface area contributed by atoms with Crippen molar-refractivity contribution in [2.75, 3.05) is 7.11 Å². The first-order valence-corrected chi connectivity index (χ1v) is 4.67. The van der Waals surface area contributed by atoms with Crippen LogP contribution in [0, 0.1) is 0 Å². The van der Waals surface area contributed by atoms with Crippen LogP contribution in [-0.2, 0) is 6.61 Å². The highest BCUT2D eigenvalue weighted by atomic mass is 16.5. The molecule has 1 N–H and O–H groups in total. The number of ether oxygens (including phenoxy) is 1. The summed E-state index contributed by atoms with van der Waals surface area (Å²) in [4.78, 5) is 0. The molecule has 0 fully saturated rings. The van der Waals surface area contributed by atoms with Gasteiger partial charge in [0.05, 0.1) is 7.11 Å². The third-order valence-electron chi connectivity index (χ3n) is 2.17. The number of hydrogen-bond donors (Lipinski definition) is 1. The van der Waals surface area contributed by atoms with Gasteiger partial charge in [0.15, 0.2) is 0 Å². The van der Waals surface area contributed by atoms with Crippen LogP contribution in [0.25, 0.3) is 11.3 Å². The second-order valence-electron chi connectivity index (χ2n) is 3.16. The Labute approximate surface area is 87.9 Å². The van der Waals surface area contributed by atoms with Gasteiger partial charge in [-0.05, 0) is 24.3 Å². The van der Waals surface area contributed by atoms with E-state index in [2.05, 4.69) is 0 Å². The highest BCUT2D eigenvalue weighted by Crippen LogP contribution is 2.25. The van der Waals surface area contributed by atoms with Crippen molar-refractivity contribution < 1.29 is 14.3 Å². The number of benzene rings is 1. The summed E-state index contributed by atoms with van der Waals surface area (Å²) in [5.41, 5.74) is 0.939. The van der Waals surface area contributed by atoms with Crippen LogP contribution in [-0.4, -0.2) is 12.2 Å². The molecule has 0 saturated carbocycles. The maximum Gasteiger partial charge on any atom is 0.134 e. The van der Waals surface area contributed by atoms with Gasteiger partial charge in [-0.25, -0.2) is 0 Å². The summed E-state index contributed by atoms with van der Waals surface area (Å²) in [6.45, 7) is -0.0794. The Morgan fingerprint density at radius 3 is 2.80 bits per heavy atom. The molecule has 0 radical (unpaired) electrons. The third-order valence-corrected chi connectivity index (χ3v) is 2.17. The van der Waals surface area contributed by atoms with Gasteiger partial charge in [0.25, 0.3) is 0 Å². The molecule has 1 aromatic heterocycles. The summed E-state index contributed by atoms with van der Waals surface area (Å²) < 4.78 is 10.5. The van der Waals surface area contributed by atoms with E-state index in [0.29, 0.717) is 5.76 Å². The van der Waals surface area contributed by atoms with Crippen molar-refractivity contribution in [2.24, 2.45) is 0 Å². The van der Waals surface area contributed by atoms with Crippen molar-refractivity contribution >= 4 is 0 Å². The van der Waals surface area contributed by atoms with Gasteiger partial charge in [-0.1, -0.05) is 12.1 Å². The Morgan fingerprint density at radius 2 is 2.13 bits per heavy atom. The molecule has 0 atom stereocenters. The van der Waals surface area contributed by atoms with Crippen LogP contribution in [0.2, 0.25) is 0 Å². The highest BCUT2D eigenvalue weighted by Gasteiger charge is 2.04. The van der Waals surface area contributed by atoms with Gasteiger partial charge >= 0.3 is 0 Å². The molecule has 1 heterocycles.